The second-order valence-electron chi connectivity index (χ2n) is 7.46. The van der Waals surface area contributed by atoms with E-state index >= 15 is 0 Å². The molecular formula is C22H27N3O4S. The number of benzene rings is 2. The van der Waals surface area contributed by atoms with Crippen LogP contribution in [0.2, 0.25) is 0 Å². The molecule has 1 unspecified atom stereocenters. The second-order valence-corrected chi connectivity index (χ2v) is 9.17. The summed E-state index contributed by atoms with van der Waals surface area (Å²) in [4.78, 5) is 26.4. The van der Waals surface area contributed by atoms with Crippen LogP contribution in [0, 0.1) is 0 Å². The quantitative estimate of drug-likeness (QED) is 0.706. The lowest BCUT2D eigenvalue weighted by molar-refractivity contribution is -0.133. The van der Waals surface area contributed by atoms with Crippen molar-refractivity contribution in [2.24, 2.45) is 0 Å². The molecule has 1 aliphatic heterocycles. The lowest BCUT2D eigenvalue weighted by atomic mass is 10.0. The molecule has 0 aromatic heterocycles. The Labute approximate surface area is 177 Å². The lowest BCUT2D eigenvalue weighted by Crippen LogP contribution is -2.47. The third-order valence-electron chi connectivity index (χ3n) is 5.18. The second kappa shape index (κ2) is 9.86. The van der Waals surface area contributed by atoms with Gasteiger partial charge in [0.2, 0.25) is 21.8 Å². The summed E-state index contributed by atoms with van der Waals surface area (Å²) in [5.74, 6) is -0.243. The van der Waals surface area contributed by atoms with Gasteiger partial charge in [-0.15, -0.1) is 0 Å². The first kappa shape index (κ1) is 22.0. The predicted octanol–water partition coefficient (Wildman–Crippen LogP) is 2.22. The van der Waals surface area contributed by atoms with Crippen molar-refractivity contribution in [3.63, 3.8) is 0 Å². The molecule has 2 amide bonds. The predicted molar refractivity (Wildman–Crippen MR) is 114 cm³/mol. The largest absolute Gasteiger partial charge is 0.349 e. The molecular weight excluding hydrogens is 402 g/mol. The number of rotatable bonds is 7. The highest BCUT2D eigenvalue weighted by Gasteiger charge is 2.28. The van der Waals surface area contributed by atoms with E-state index in [0.717, 1.165) is 5.56 Å². The van der Waals surface area contributed by atoms with E-state index in [1.165, 1.54) is 6.92 Å². The molecule has 7 nitrogen and oxygen atoms in total. The van der Waals surface area contributed by atoms with Gasteiger partial charge in [-0.1, -0.05) is 48.5 Å². The van der Waals surface area contributed by atoms with Gasteiger partial charge in [-0.3, -0.25) is 9.59 Å². The van der Waals surface area contributed by atoms with Crippen LogP contribution < -0.4 is 10.0 Å². The van der Waals surface area contributed by atoms with Crippen LogP contribution in [0.1, 0.15) is 37.8 Å². The Morgan fingerprint density at radius 3 is 2.13 bits per heavy atom. The zero-order valence-electron chi connectivity index (χ0n) is 17.0. The van der Waals surface area contributed by atoms with Gasteiger partial charge in [0.25, 0.3) is 0 Å². The molecule has 1 aliphatic rings. The molecule has 0 bridgehead atoms. The maximum absolute atomic E-state index is 12.8. The third kappa shape index (κ3) is 5.90. The van der Waals surface area contributed by atoms with Gasteiger partial charge in [0.15, 0.2) is 0 Å². The number of carbonyl (C=O) groups excluding carboxylic acids is 2. The summed E-state index contributed by atoms with van der Waals surface area (Å²) in [6, 6.07) is 17.1. The molecule has 2 aromatic rings. The molecule has 0 aliphatic carbocycles. The molecule has 0 radical (unpaired) electrons. The molecule has 30 heavy (non-hydrogen) atoms. The molecule has 2 N–H and O–H groups in total. The van der Waals surface area contributed by atoms with E-state index in [1.807, 2.05) is 30.3 Å². The van der Waals surface area contributed by atoms with Gasteiger partial charge in [-0.2, -0.15) is 0 Å². The monoisotopic (exact) mass is 429 g/mol. The number of hydrogen-bond acceptors (Lipinski definition) is 4. The first-order valence-corrected chi connectivity index (χ1v) is 11.5. The molecule has 1 saturated heterocycles. The Hall–Kier alpha value is -2.71. The molecule has 8 heteroatoms. The smallest absolute Gasteiger partial charge is 0.240 e. The zero-order chi connectivity index (χ0) is 21.6. The summed E-state index contributed by atoms with van der Waals surface area (Å²) in [7, 11) is -3.57. The van der Waals surface area contributed by atoms with Gasteiger partial charge >= 0.3 is 0 Å². The van der Waals surface area contributed by atoms with E-state index in [1.54, 1.807) is 35.2 Å². The van der Waals surface area contributed by atoms with Crippen LogP contribution in [0.25, 0.3) is 0 Å². The number of likely N-dealkylation sites (tertiary alicyclic amines) is 1. The lowest BCUT2D eigenvalue weighted by Gasteiger charge is -2.33. The molecule has 1 atom stereocenters. The van der Waals surface area contributed by atoms with Gasteiger partial charge < -0.3 is 10.2 Å². The number of sulfonamides is 1. The van der Waals surface area contributed by atoms with E-state index in [0.29, 0.717) is 25.9 Å². The minimum absolute atomic E-state index is 0.0537. The van der Waals surface area contributed by atoms with Crippen LogP contribution in [0.3, 0.4) is 0 Å². The molecule has 3 rings (SSSR count). The van der Waals surface area contributed by atoms with Gasteiger partial charge in [0.1, 0.15) is 0 Å². The third-order valence-corrected chi connectivity index (χ3v) is 6.72. The fourth-order valence-corrected chi connectivity index (χ4v) is 4.95. The standard InChI is InChI=1S/C22H27N3O4S/c1-17(26)23-21(18-8-4-2-5-9-18)16-22(27)25-14-12-19(13-15-25)24-30(28,29)20-10-6-3-7-11-20/h2-11,19,21,24H,12-16H2,1H3,(H,23,26). The Morgan fingerprint density at radius 1 is 1.00 bits per heavy atom. The van der Waals surface area contributed by atoms with Crippen molar-refractivity contribution >= 4 is 21.8 Å². The first-order chi connectivity index (χ1) is 14.3. The fourth-order valence-electron chi connectivity index (χ4n) is 3.62. The van der Waals surface area contributed by atoms with Crippen LogP contribution in [0.15, 0.2) is 65.6 Å². The fraction of sp³-hybridized carbons (Fsp3) is 0.364. The highest BCUT2D eigenvalue weighted by Crippen LogP contribution is 2.21. The van der Waals surface area contributed by atoms with Crippen LogP contribution in [-0.2, 0) is 19.6 Å². The Kier molecular flexibility index (Phi) is 7.23. The maximum atomic E-state index is 12.8. The van der Waals surface area contributed by atoms with E-state index in [2.05, 4.69) is 10.0 Å². The van der Waals surface area contributed by atoms with Gasteiger partial charge in [0.05, 0.1) is 17.4 Å². The van der Waals surface area contributed by atoms with Crippen molar-refractivity contribution in [1.29, 1.82) is 0 Å². The van der Waals surface area contributed by atoms with Crippen LogP contribution >= 0.6 is 0 Å². The highest BCUT2D eigenvalue weighted by molar-refractivity contribution is 7.89. The highest BCUT2D eigenvalue weighted by atomic mass is 32.2. The molecule has 0 spiro atoms. The number of piperidine rings is 1. The summed E-state index contributed by atoms with van der Waals surface area (Å²) < 4.78 is 27.7. The molecule has 2 aromatic carbocycles. The van der Waals surface area contributed by atoms with E-state index < -0.39 is 10.0 Å². The van der Waals surface area contributed by atoms with Gasteiger partial charge in [-0.05, 0) is 30.5 Å². The van der Waals surface area contributed by atoms with E-state index in [-0.39, 0.29) is 35.2 Å². The van der Waals surface area contributed by atoms with Crippen molar-refractivity contribution in [2.45, 2.75) is 43.2 Å². The number of carbonyl (C=O) groups is 2. The Bertz CT molecular complexity index is 956. The molecule has 1 fully saturated rings. The van der Waals surface area contributed by atoms with Crippen molar-refractivity contribution < 1.29 is 18.0 Å². The average Bonchev–Trinajstić information content (AvgIpc) is 2.74. The van der Waals surface area contributed by atoms with Crippen LogP contribution in [0.4, 0.5) is 0 Å². The van der Waals surface area contributed by atoms with Crippen molar-refractivity contribution in [3.05, 3.63) is 66.2 Å². The van der Waals surface area contributed by atoms with E-state index in [4.69, 9.17) is 0 Å². The van der Waals surface area contributed by atoms with Crippen LogP contribution in [-0.4, -0.2) is 44.3 Å². The molecule has 160 valence electrons. The number of nitrogens with zero attached hydrogens (tertiary/aromatic N) is 1. The average molecular weight is 430 g/mol. The van der Waals surface area contributed by atoms with Crippen molar-refractivity contribution in [2.75, 3.05) is 13.1 Å². The van der Waals surface area contributed by atoms with Gasteiger partial charge in [-0.25, -0.2) is 13.1 Å². The van der Waals surface area contributed by atoms with Gasteiger partial charge in [0, 0.05) is 26.1 Å². The number of nitrogens with one attached hydrogen (secondary N) is 2. The first-order valence-electron chi connectivity index (χ1n) is 10.0. The summed E-state index contributed by atoms with van der Waals surface area (Å²) in [5.41, 5.74) is 0.881. The SMILES string of the molecule is CC(=O)NC(CC(=O)N1CCC(NS(=O)(=O)c2ccccc2)CC1)c1ccccc1. The Morgan fingerprint density at radius 2 is 1.57 bits per heavy atom. The topological polar surface area (TPSA) is 95.6 Å². The molecule has 0 saturated carbocycles. The summed E-state index contributed by atoms with van der Waals surface area (Å²) in [6.45, 7) is 2.38. The summed E-state index contributed by atoms with van der Waals surface area (Å²) in [6.07, 6.45) is 1.27. The van der Waals surface area contributed by atoms with E-state index in [9.17, 15) is 18.0 Å². The summed E-state index contributed by atoms with van der Waals surface area (Å²) in [5, 5.41) is 2.85. The van der Waals surface area contributed by atoms with Crippen molar-refractivity contribution in [1.82, 2.24) is 14.9 Å². The van der Waals surface area contributed by atoms with Crippen molar-refractivity contribution in [3.8, 4) is 0 Å². The zero-order valence-corrected chi connectivity index (χ0v) is 17.8. The number of amides is 2. The normalized spacial score (nSPS) is 16.1. The Balaban J connectivity index is 1.56. The maximum Gasteiger partial charge on any atom is 0.240 e. The minimum Gasteiger partial charge on any atom is -0.349 e. The summed E-state index contributed by atoms with van der Waals surface area (Å²) >= 11 is 0. The molecule has 1 heterocycles. The number of hydrogen-bond donors (Lipinski definition) is 2. The minimum atomic E-state index is -3.57. The van der Waals surface area contributed by atoms with Crippen LogP contribution in [0.5, 0.6) is 0 Å².